The number of amides is 1. The number of allylic oxidation sites excluding steroid dienone is 1. The smallest absolute Gasteiger partial charge is 0.257 e. The van der Waals surface area contributed by atoms with Gasteiger partial charge in [-0.3, -0.25) is 9.59 Å². The molecule has 0 aliphatic carbocycles. The van der Waals surface area contributed by atoms with Crippen LogP contribution in [0.4, 0.5) is 5.69 Å². The maximum atomic E-state index is 13.4. The normalized spacial score (nSPS) is 12.8. The molecular formula is C26H24ClN3O4. The monoisotopic (exact) mass is 477 g/mol. The van der Waals surface area contributed by atoms with Crippen LogP contribution in [0.3, 0.4) is 0 Å². The number of pyridine rings is 1. The number of ketones is 1. The van der Waals surface area contributed by atoms with Crippen LogP contribution in [0.15, 0.2) is 60.4 Å². The van der Waals surface area contributed by atoms with E-state index in [0.717, 1.165) is 17.5 Å². The first-order valence-corrected chi connectivity index (χ1v) is 11.0. The number of methoxy groups -OCH3 is 2. The van der Waals surface area contributed by atoms with Crippen LogP contribution in [0.1, 0.15) is 31.8 Å². The molecule has 1 aliphatic rings. The number of carbonyl (C=O) groups excluding carboxylic acids is 2. The molecule has 0 bridgehead atoms. The summed E-state index contributed by atoms with van der Waals surface area (Å²) in [4.78, 5) is 31.6. The lowest BCUT2D eigenvalue weighted by Gasteiger charge is -2.20. The Kier molecular flexibility index (Phi) is 6.84. The standard InChI is InChI=1S/C26H24ClN3O4/c1-30-11-10-17-13-22(33-2)23(34-3)14-19(17)12-21(30)25(31)16-4-7-20(8-5-16)29-26(32)18-6-9-24(27)28-15-18/h4-9,12-15H,10-11H2,1-3H3,(H,29,32). The molecule has 174 valence electrons. The highest BCUT2D eigenvalue weighted by molar-refractivity contribution is 6.29. The number of aromatic nitrogens is 1. The molecule has 0 fully saturated rings. The van der Waals surface area contributed by atoms with Crippen molar-refractivity contribution in [3.63, 3.8) is 0 Å². The Bertz CT molecular complexity index is 1250. The van der Waals surface area contributed by atoms with Crippen LogP contribution >= 0.6 is 11.6 Å². The summed E-state index contributed by atoms with van der Waals surface area (Å²) >= 11 is 5.77. The summed E-state index contributed by atoms with van der Waals surface area (Å²) in [6, 6.07) is 13.8. The summed E-state index contributed by atoms with van der Waals surface area (Å²) in [7, 11) is 5.10. The maximum Gasteiger partial charge on any atom is 0.257 e. The Balaban J connectivity index is 1.56. The van der Waals surface area contributed by atoms with Crippen LogP contribution in [0.5, 0.6) is 11.5 Å². The SMILES string of the molecule is COc1cc2c(cc1OC)CCN(C)C(C(=O)c1ccc(NC(=O)c3ccc(Cl)nc3)cc1)=C2. The molecule has 8 heteroatoms. The molecule has 3 aromatic rings. The Hall–Kier alpha value is -3.84. The molecule has 1 amide bonds. The minimum Gasteiger partial charge on any atom is -0.493 e. The molecule has 1 aromatic heterocycles. The Morgan fingerprint density at radius 2 is 1.68 bits per heavy atom. The Morgan fingerprint density at radius 3 is 2.32 bits per heavy atom. The van der Waals surface area contributed by atoms with Crippen LogP contribution in [0.2, 0.25) is 5.15 Å². The summed E-state index contributed by atoms with van der Waals surface area (Å²) in [6.45, 7) is 0.684. The third-order valence-corrected chi connectivity index (χ3v) is 5.92. The number of rotatable bonds is 6. The molecule has 0 saturated heterocycles. The number of nitrogens with zero attached hydrogens (tertiary/aromatic N) is 2. The number of hydrogen-bond donors (Lipinski definition) is 1. The summed E-state index contributed by atoms with van der Waals surface area (Å²) in [6.07, 6.45) is 4.06. The third kappa shape index (κ3) is 4.89. The van der Waals surface area contributed by atoms with E-state index in [4.69, 9.17) is 21.1 Å². The molecule has 0 unspecified atom stereocenters. The molecule has 2 heterocycles. The van der Waals surface area contributed by atoms with E-state index >= 15 is 0 Å². The number of carbonyl (C=O) groups is 2. The van der Waals surface area contributed by atoms with E-state index in [1.54, 1.807) is 50.6 Å². The van der Waals surface area contributed by atoms with E-state index < -0.39 is 0 Å². The second-order valence-corrected chi connectivity index (χ2v) is 8.22. The van der Waals surface area contributed by atoms with Crippen molar-refractivity contribution in [2.75, 3.05) is 33.1 Å². The fourth-order valence-corrected chi connectivity index (χ4v) is 3.87. The minimum atomic E-state index is -0.310. The second-order valence-electron chi connectivity index (χ2n) is 7.84. The maximum absolute atomic E-state index is 13.4. The van der Waals surface area contributed by atoms with Gasteiger partial charge in [-0.2, -0.15) is 0 Å². The number of anilines is 1. The average molecular weight is 478 g/mol. The van der Waals surface area contributed by atoms with Gasteiger partial charge >= 0.3 is 0 Å². The van der Waals surface area contributed by atoms with E-state index in [-0.39, 0.29) is 11.7 Å². The van der Waals surface area contributed by atoms with Crippen molar-refractivity contribution in [2.45, 2.75) is 6.42 Å². The predicted molar refractivity (Wildman–Crippen MR) is 132 cm³/mol. The molecule has 0 spiro atoms. The lowest BCUT2D eigenvalue weighted by molar-refractivity contribution is 0.0999. The highest BCUT2D eigenvalue weighted by atomic mass is 35.5. The summed E-state index contributed by atoms with van der Waals surface area (Å²) < 4.78 is 10.9. The van der Waals surface area contributed by atoms with E-state index in [9.17, 15) is 9.59 Å². The van der Waals surface area contributed by atoms with Crippen molar-refractivity contribution in [1.82, 2.24) is 9.88 Å². The predicted octanol–water partition coefficient (Wildman–Crippen LogP) is 4.72. The van der Waals surface area contributed by atoms with Crippen molar-refractivity contribution in [3.8, 4) is 11.5 Å². The highest BCUT2D eigenvalue weighted by Crippen LogP contribution is 2.34. The molecule has 1 N–H and O–H groups in total. The van der Waals surface area contributed by atoms with Gasteiger partial charge in [0.1, 0.15) is 5.15 Å². The molecule has 7 nitrogen and oxygen atoms in total. The molecule has 34 heavy (non-hydrogen) atoms. The number of halogens is 1. The number of fused-ring (bicyclic) bond motifs is 1. The topological polar surface area (TPSA) is 80.8 Å². The van der Waals surface area contributed by atoms with Crippen LogP contribution in [-0.4, -0.2) is 49.4 Å². The largest absolute Gasteiger partial charge is 0.493 e. The van der Waals surface area contributed by atoms with Gasteiger partial charge in [-0.1, -0.05) is 11.6 Å². The first kappa shape index (κ1) is 23.3. The molecule has 2 aromatic carbocycles. The molecule has 0 radical (unpaired) electrons. The second kappa shape index (κ2) is 9.97. The fourth-order valence-electron chi connectivity index (χ4n) is 3.76. The highest BCUT2D eigenvalue weighted by Gasteiger charge is 2.22. The zero-order valence-electron chi connectivity index (χ0n) is 19.1. The molecule has 0 saturated carbocycles. The number of benzene rings is 2. The fraction of sp³-hybridized carbons (Fsp3) is 0.192. The lowest BCUT2D eigenvalue weighted by atomic mass is 10.0. The number of likely N-dealkylation sites (N-methyl/N-ethyl adjacent to an activating group) is 1. The third-order valence-electron chi connectivity index (χ3n) is 5.69. The van der Waals surface area contributed by atoms with Gasteiger partial charge in [0.2, 0.25) is 5.78 Å². The van der Waals surface area contributed by atoms with Crippen LogP contribution in [0.25, 0.3) is 6.08 Å². The number of hydrogen-bond acceptors (Lipinski definition) is 6. The van der Waals surface area contributed by atoms with E-state index in [0.29, 0.717) is 45.7 Å². The van der Waals surface area contributed by atoms with Crippen molar-refractivity contribution in [2.24, 2.45) is 0 Å². The Morgan fingerprint density at radius 1 is 1.00 bits per heavy atom. The van der Waals surface area contributed by atoms with Crippen molar-refractivity contribution in [3.05, 3.63) is 87.8 Å². The van der Waals surface area contributed by atoms with Gasteiger partial charge in [0.15, 0.2) is 11.5 Å². The van der Waals surface area contributed by atoms with Gasteiger partial charge in [-0.25, -0.2) is 4.98 Å². The van der Waals surface area contributed by atoms with E-state index in [1.165, 1.54) is 6.20 Å². The van der Waals surface area contributed by atoms with Crippen LogP contribution in [0, 0.1) is 0 Å². The van der Waals surface area contributed by atoms with Crippen molar-refractivity contribution < 1.29 is 19.1 Å². The van der Waals surface area contributed by atoms with Crippen molar-refractivity contribution >= 4 is 35.1 Å². The van der Waals surface area contributed by atoms with E-state index in [1.807, 2.05) is 30.2 Å². The van der Waals surface area contributed by atoms with Gasteiger partial charge in [-0.15, -0.1) is 0 Å². The first-order valence-electron chi connectivity index (χ1n) is 10.6. The molecule has 0 atom stereocenters. The van der Waals surface area contributed by atoms with Gasteiger partial charge in [0, 0.05) is 31.0 Å². The molecular weight excluding hydrogens is 454 g/mol. The zero-order valence-corrected chi connectivity index (χ0v) is 19.8. The van der Waals surface area contributed by atoms with Gasteiger partial charge in [-0.05, 0) is 72.2 Å². The number of ether oxygens (including phenoxy) is 2. The first-order chi connectivity index (χ1) is 16.4. The molecule has 1 aliphatic heterocycles. The molecule has 4 rings (SSSR count). The van der Waals surface area contributed by atoms with Crippen LogP contribution < -0.4 is 14.8 Å². The van der Waals surface area contributed by atoms with Gasteiger partial charge in [0.05, 0.1) is 25.5 Å². The summed E-state index contributed by atoms with van der Waals surface area (Å²) in [5, 5.41) is 3.11. The number of Topliss-reactive ketones (excluding diaryl/α,β-unsaturated/α-hetero) is 1. The number of nitrogens with one attached hydrogen (secondary N) is 1. The lowest BCUT2D eigenvalue weighted by Crippen LogP contribution is -2.24. The average Bonchev–Trinajstić information content (AvgIpc) is 3.01. The summed E-state index contributed by atoms with van der Waals surface area (Å²) in [5.41, 5.74) is 4.07. The van der Waals surface area contributed by atoms with Crippen molar-refractivity contribution in [1.29, 1.82) is 0 Å². The van der Waals surface area contributed by atoms with Gasteiger partial charge < -0.3 is 19.7 Å². The summed E-state index contributed by atoms with van der Waals surface area (Å²) in [5.74, 6) is 0.865. The van der Waals surface area contributed by atoms with Gasteiger partial charge in [0.25, 0.3) is 5.91 Å². The quantitative estimate of drug-likeness (QED) is 0.409. The van der Waals surface area contributed by atoms with E-state index in [2.05, 4.69) is 10.3 Å². The zero-order chi connectivity index (χ0) is 24.2. The Labute approximate surface area is 203 Å². The van der Waals surface area contributed by atoms with Crippen LogP contribution in [-0.2, 0) is 6.42 Å². The minimum absolute atomic E-state index is 0.107.